The number of hydrogen-bond donors (Lipinski definition) is 0. The molecule has 0 amide bonds. The summed E-state index contributed by atoms with van der Waals surface area (Å²) in [6.07, 6.45) is 2.06. The highest BCUT2D eigenvalue weighted by molar-refractivity contribution is 8.22. The van der Waals surface area contributed by atoms with E-state index in [-0.39, 0.29) is 5.97 Å². The molecular formula is C25H23NO2S2. The molecule has 30 heavy (non-hydrogen) atoms. The SMILES string of the molecule is CCOC(=O)CSC(SC)=C1c2ccccc2N(c2ccccc2)c2ccccc21. The van der Waals surface area contributed by atoms with Crippen molar-refractivity contribution in [2.45, 2.75) is 6.92 Å². The van der Waals surface area contributed by atoms with Crippen molar-refractivity contribution in [1.29, 1.82) is 0 Å². The van der Waals surface area contributed by atoms with Crippen LogP contribution in [0.3, 0.4) is 0 Å². The predicted octanol–water partition coefficient (Wildman–Crippen LogP) is 6.85. The van der Waals surface area contributed by atoms with Gasteiger partial charge in [0, 0.05) is 26.6 Å². The van der Waals surface area contributed by atoms with Crippen molar-refractivity contribution < 1.29 is 9.53 Å². The summed E-state index contributed by atoms with van der Waals surface area (Å²) in [5.74, 6) is 0.123. The molecule has 0 spiro atoms. The second-order valence-electron chi connectivity index (χ2n) is 6.67. The Bertz CT molecular complexity index is 1030. The summed E-state index contributed by atoms with van der Waals surface area (Å²) in [6.45, 7) is 2.24. The number of fused-ring (bicyclic) bond motifs is 2. The topological polar surface area (TPSA) is 29.5 Å². The van der Waals surface area contributed by atoms with Crippen LogP contribution in [0.4, 0.5) is 17.1 Å². The van der Waals surface area contributed by atoms with Crippen LogP contribution in [0.1, 0.15) is 18.1 Å². The third-order valence-corrected chi connectivity index (χ3v) is 7.13. The minimum absolute atomic E-state index is 0.182. The van der Waals surface area contributed by atoms with Gasteiger partial charge in [-0.25, -0.2) is 0 Å². The van der Waals surface area contributed by atoms with Crippen molar-refractivity contribution >= 4 is 52.1 Å². The summed E-state index contributed by atoms with van der Waals surface area (Å²) in [6, 6.07) is 27.4. The highest BCUT2D eigenvalue weighted by atomic mass is 32.2. The molecule has 0 fully saturated rings. The Morgan fingerprint density at radius 3 is 2.00 bits per heavy atom. The number of carbonyl (C=O) groups excluding carboxylic acids is 1. The van der Waals surface area contributed by atoms with Crippen LogP contribution in [0.15, 0.2) is 83.1 Å². The molecule has 0 atom stereocenters. The van der Waals surface area contributed by atoms with Gasteiger partial charge in [0.25, 0.3) is 0 Å². The van der Waals surface area contributed by atoms with E-state index in [1.54, 1.807) is 23.5 Å². The number of rotatable bonds is 6. The maximum atomic E-state index is 12.0. The summed E-state index contributed by atoms with van der Waals surface area (Å²) in [7, 11) is 0. The summed E-state index contributed by atoms with van der Waals surface area (Å²) >= 11 is 3.23. The molecule has 1 aliphatic rings. The van der Waals surface area contributed by atoms with E-state index in [0.29, 0.717) is 12.4 Å². The van der Waals surface area contributed by atoms with E-state index in [9.17, 15) is 4.79 Å². The normalized spacial score (nSPS) is 12.2. The first-order valence-electron chi connectivity index (χ1n) is 9.85. The van der Waals surface area contributed by atoms with E-state index >= 15 is 0 Å². The zero-order valence-electron chi connectivity index (χ0n) is 17.0. The van der Waals surface area contributed by atoms with Crippen molar-refractivity contribution in [2.24, 2.45) is 0 Å². The molecule has 1 heterocycles. The van der Waals surface area contributed by atoms with Crippen LogP contribution >= 0.6 is 23.5 Å². The average molecular weight is 434 g/mol. The fourth-order valence-corrected chi connectivity index (χ4v) is 5.44. The number of carbonyl (C=O) groups is 1. The second-order valence-corrected chi connectivity index (χ2v) is 8.73. The molecule has 0 saturated heterocycles. The first kappa shape index (κ1) is 20.6. The monoisotopic (exact) mass is 433 g/mol. The number of benzene rings is 3. The molecule has 152 valence electrons. The molecule has 0 bridgehead atoms. The lowest BCUT2D eigenvalue weighted by molar-refractivity contribution is -0.139. The average Bonchev–Trinajstić information content (AvgIpc) is 2.79. The van der Waals surface area contributed by atoms with E-state index in [4.69, 9.17) is 4.74 Å². The Morgan fingerprint density at radius 1 is 0.867 bits per heavy atom. The molecule has 0 aliphatic carbocycles. The Balaban J connectivity index is 1.88. The molecule has 1 aliphatic heterocycles. The number of hydrogen-bond acceptors (Lipinski definition) is 5. The van der Waals surface area contributed by atoms with E-state index in [0.717, 1.165) is 21.3 Å². The van der Waals surface area contributed by atoms with Crippen LogP contribution in [-0.2, 0) is 9.53 Å². The molecule has 3 aromatic carbocycles. The lowest BCUT2D eigenvalue weighted by Gasteiger charge is -2.35. The molecule has 3 nitrogen and oxygen atoms in total. The van der Waals surface area contributed by atoms with E-state index in [2.05, 4.69) is 84.0 Å². The highest BCUT2D eigenvalue weighted by Crippen LogP contribution is 2.52. The lowest BCUT2D eigenvalue weighted by Crippen LogP contribution is -2.18. The van der Waals surface area contributed by atoms with Crippen LogP contribution in [-0.4, -0.2) is 24.6 Å². The minimum atomic E-state index is -0.182. The molecule has 0 unspecified atom stereocenters. The van der Waals surface area contributed by atoms with Crippen LogP contribution in [0.25, 0.3) is 5.57 Å². The molecule has 0 radical (unpaired) electrons. The number of nitrogens with zero attached hydrogens (tertiary/aromatic N) is 1. The molecule has 3 aromatic rings. The van der Waals surface area contributed by atoms with Crippen molar-refractivity contribution in [3.05, 3.63) is 94.2 Å². The van der Waals surface area contributed by atoms with E-state index in [1.165, 1.54) is 16.7 Å². The first-order valence-corrected chi connectivity index (χ1v) is 12.1. The van der Waals surface area contributed by atoms with Gasteiger partial charge in [0.1, 0.15) is 0 Å². The fourth-order valence-electron chi connectivity index (χ4n) is 3.67. The fraction of sp³-hybridized carbons (Fsp3) is 0.160. The largest absolute Gasteiger partial charge is 0.465 e. The van der Waals surface area contributed by atoms with Gasteiger partial charge in [-0.05, 0) is 37.4 Å². The quantitative estimate of drug-likeness (QED) is 0.310. The molecule has 5 heteroatoms. The smallest absolute Gasteiger partial charge is 0.316 e. The predicted molar refractivity (Wildman–Crippen MR) is 130 cm³/mol. The summed E-state index contributed by atoms with van der Waals surface area (Å²) in [5, 5.41) is 0. The third-order valence-electron chi connectivity index (χ3n) is 4.86. The number of anilines is 3. The number of esters is 1. The minimum Gasteiger partial charge on any atom is -0.465 e. The molecule has 0 aromatic heterocycles. The summed E-state index contributed by atoms with van der Waals surface area (Å²) < 4.78 is 6.26. The van der Waals surface area contributed by atoms with E-state index in [1.807, 2.05) is 13.0 Å². The van der Waals surface area contributed by atoms with Gasteiger partial charge < -0.3 is 9.64 Å². The Hall–Kier alpha value is -2.63. The van der Waals surface area contributed by atoms with Crippen molar-refractivity contribution in [3.8, 4) is 0 Å². The number of para-hydroxylation sites is 3. The molecular weight excluding hydrogens is 410 g/mol. The van der Waals surface area contributed by atoms with Crippen molar-refractivity contribution in [2.75, 3.05) is 23.5 Å². The van der Waals surface area contributed by atoms with Gasteiger partial charge in [-0.15, -0.1) is 23.5 Å². The molecule has 0 saturated carbocycles. The maximum Gasteiger partial charge on any atom is 0.316 e. The van der Waals surface area contributed by atoms with Crippen LogP contribution in [0, 0.1) is 0 Å². The summed E-state index contributed by atoms with van der Waals surface area (Å²) in [4.78, 5) is 14.3. The van der Waals surface area contributed by atoms with Gasteiger partial charge in [0.15, 0.2) is 0 Å². The maximum absolute atomic E-state index is 12.0. The Kier molecular flexibility index (Phi) is 6.50. The molecule has 0 N–H and O–H groups in total. The number of thioether (sulfide) groups is 2. The van der Waals surface area contributed by atoms with Gasteiger partial charge in [-0.2, -0.15) is 0 Å². The first-order chi connectivity index (χ1) is 14.7. The van der Waals surface area contributed by atoms with Gasteiger partial charge >= 0.3 is 5.97 Å². The zero-order valence-corrected chi connectivity index (χ0v) is 18.6. The van der Waals surface area contributed by atoms with Crippen LogP contribution in [0.5, 0.6) is 0 Å². The zero-order chi connectivity index (χ0) is 20.9. The molecule has 4 rings (SSSR count). The number of ether oxygens (including phenoxy) is 1. The van der Waals surface area contributed by atoms with Crippen LogP contribution < -0.4 is 4.90 Å². The summed E-state index contributed by atoms with van der Waals surface area (Å²) in [5.41, 5.74) is 6.92. The van der Waals surface area contributed by atoms with Crippen molar-refractivity contribution in [1.82, 2.24) is 0 Å². The van der Waals surface area contributed by atoms with Gasteiger partial charge in [0.05, 0.1) is 23.7 Å². The van der Waals surface area contributed by atoms with Crippen molar-refractivity contribution in [3.63, 3.8) is 0 Å². The van der Waals surface area contributed by atoms with Gasteiger partial charge in [-0.3, -0.25) is 4.79 Å². The van der Waals surface area contributed by atoms with Gasteiger partial charge in [0.2, 0.25) is 0 Å². The second kappa shape index (κ2) is 9.45. The third kappa shape index (κ3) is 4.00. The highest BCUT2D eigenvalue weighted by Gasteiger charge is 2.29. The van der Waals surface area contributed by atoms with Gasteiger partial charge in [-0.1, -0.05) is 54.6 Å². The van der Waals surface area contributed by atoms with E-state index < -0.39 is 0 Å². The lowest BCUT2D eigenvalue weighted by atomic mass is 9.91. The Morgan fingerprint density at radius 2 is 1.43 bits per heavy atom. The Labute approximate surface area is 186 Å². The standard InChI is InChI=1S/C25H23NO2S2/c1-3-28-23(27)17-30-25(29-2)24-19-13-7-9-15-21(19)26(18-11-5-4-6-12-18)22-16-10-8-14-20(22)24/h4-16H,3,17H2,1-2H3. The van der Waals surface area contributed by atoms with Crippen LogP contribution in [0.2, 0.25) is 0 Å².